The van der Waals surface area contributed by atoms with Crippen molar-refractivity contribution >= 4 is 40.1 Å². The van der Waals surface area contributed by atoms with Gasteiger partial charge in [-0.25, -0.2) is 4.79 Å². The molecule has 2 rings (SSSR count). The third-order valence-corrected chi connectivity index (χ3v) is 2.78. The summed E-state index contributed by atoms with van der Waals surface area (Å²) in [5.41, 5.74) is 1.18. The fraction of sp³-hybridized carbons (Fsp3) is 0.167. The number of aromatic nitrogens is 1. The Labute approximate surface area is 108 Å². The molecule has 1 amide bonds. The first kappa shape index (κ1) is 12.4. The second kappa shape index (κ2) is 4.70. The summed E-state index contributed by atoms with van der Waals surface area (Å²) in [5.74, 6) is -0.855. The van der Waals surface area contributed by atoms with Gasteiger partial charge in [-0.05, 0) is 12.1 Å². The molecular weight excluding hydrogens is 256 g/mol. The maximum absolute atomic E-state index is 11.6. The first-order chi connectivity index (χ1) is 8.54. The lowest BCUT2D eigenvalue weighted by atomic mass is 10.2. The van der Waals surface area contributed by atoms with E-state index in [1.165, 1.54) is 14.0 Å². The molecule has 0 aliphatic carbocycles. The number of carbonyl (C=O) groups excluding carboxylic acids is 2. The van der Waals surface area contributed by atoms with E-state index in [0.717, 1.165) is 0 Å². The Morgan fingerprint density at radius 3 is 2.72 bits per heavy atom. The van der Waals surface area contributed by atoms with Gasteiger partial charge in [0.2, 0.25) is 5.91 Å². The third-order valence-electron chi connectivity index (χ3n) is 2.46. The molecule has 0 saturated carbocycles. The molecule has 0 fully saturated rings. The molecule has 2 N–H and O–H groups in total. The standard InChI is InChI=1S/C12H11ClN2O3/c1-6(16)14-10-9-7(13)4-3-5-8(9)15-11(10)12(17)18-2/h3-5,15H,1-2H3,(H,14,16). The van der Waals surface area contributed by atoms with Crippen LogP contribution in [0.5, 0.6) is 0 Å². The monoisotopic (exact) mass is 266 g/mol. The van der Waals surface area contributed by atoms with E-state index in [1.54, 1.807) is 18.2 Å². The molecule has 6 heteroatoms. The molecule has 1 aromatic carbocycles. The van der Waals surface area contributed by atoms with Crippen LogP contribution in [0.15, 0.2) is 18.2 Å². The second-order valence-electron chi connectivity index (χ2n) is 3.71. The highest BCUT2D eigenvalue weighted by molar-refractivity contribution is 6.37. The van der Waals surface area contributed by atoms with Gasteiger partial charge < -0.3 is 15.0 Å². The number of esters is 1. The molecule has 0 aliphatic heterocycles. The Balaban J connectivity index is 2.73. The van der Waals surface area contributed by atoms with Crippen molar-refractivity contribution in [3.05, 3.63) is 28.9 Å². The Morgan fingerprint density at radius 2 is 2.11 bits per heavy atom. The number of benzene rings is 1. The average Bonchev–Trinajstić information content (AvgIpc) is 2.68. The number of amides is 1. The molecule has 5 nitrogen and oxygen atoms in total. The lowest BCUT2D eigenvalue weighted by Crippen LogP contribution is -2.11. The molecule has 0 atom stereocenters. The van der Waals surface area contributed by atoms with E-state index < -0.39 is 5.97 Å². The number of H-pyrrole nitrogens is 1. The van der Waals surface area contributed by atoms with Crippen LogP contribution in [0.25, 0.3) is 10.9 Å². The quantitative estimate of drug-likeness (QED) is 0.821. The van der Waals surface area contributed by atoms with Gasteiger partial charge in [-0.2, -0.15) is 0 Å². The van der Waals surface area contributed by atoms with Gasteiger partial charge in [-0.15, -0.1) is 0 Å². The smallest absolute Gasteiger partial charge is 0.356 e. The molecular formula is C12H11ClN2O3. The van der Waals surface area contributed by atoms with E-state index in [-0.39, 0.29) is 11.6 Å². The summed E-state index contributed by atoms with van der Waals surface area (Å²) in [7, 11) is 1.27. The summed E-state index contributed by atoms with van der Waals surface area (Å²) in [5, 5.41) is 3.64. The molecule has 0 saturated heterocycles. The lowest BCUT2D eigenvalue weighted by Gasteiger charge is -2.04. The van der Waals surface area contributed by atoms with E-state index in [9.17, 15) is 9.59 Å². The van der Waals surface area contributed by atoms with Crippen LogP contribution in [0.4, 0.5) is 5.69 Å². The first-order valence-corrected chi connectivity index (χ1v) is 5.58. The number of methoxy groups -OCH3 is 1. The summed E-state index contributed by atoms with van der Waals surface area (Å²) >= 11 is 6.08. The summed E-state index contributed by atoms with van der Waals surface area (Å²) in [6, 6.07) is 5.20. The van der Waals surface area contributed by atoms with Crippen LogP contribution in [-0.4, -0.2) is 24.0 Å². The van der Waals surface area contributed by atoms with Gasteiger partial charge in [-0.1, -0.05) is 17.7 Å². The van der Waals surface area contributed by atoms with Crippen LogP contribution in [-0.2, 0) is 9.53 Å². The number of aromatic amines is 1. The molecule has 1 aromatic heterocycles. The highest BCUT2D eigenvalue weighted by Crippen LogP contribution is 2.33. The van der Waals surface area contributed by atoms with Gasteiger partial charge in [0.05, 0.1) is 17.8 Å². The topological polar surface area (TPSA) is 71.2 Å². The van der Waals surface area contributed by atoms with Gasteiger partial charge in [0.25, 0.3) is 0 Å². The van der Waals surface area contributed by atoms with Crippen LogP contribution in [0.1, 0.15) is 17.4 Å². The number of ether oxygens (including phenoxy) is 1. The highest BCUT2D eigenvalue weighted by atomic mass is 35.5. The van der Waals surface area contributed by atoms with Gasteiger partial charge in [-0.3, -0.25) is 4.79 Å². The zero-order valence-corrected chi connectivity index (χ0v) is 10.6. The van der Waals surface area contributed by atoms with E-state index in [4.69, 9.17) is 11.6 Å². The second-order valence-corrected chi connectivity index (χ2v) is 4.12. The zero-order chi connectivity index (χ0) is 13.3. The Kier molecular flexibility index (Phi) is 3.25. The Morgan fingerprint density at radius 1 is 1.39 bits per heavy atom. The fourth-order valence-electron chi connectivity index (χ4n) is 1.76. The normalized spacial score (nSPS) is 10.4. The molecule has 18 heavy (non-hydrogen) atoms. The molecule has 2 aromatic rings. The van der Waals surface area contributed by atoms with Gasteiger partial charge in [0.15, 0.2) is 0 Å². The minimum atomic E-state index is -0.564. The predicted octanol–water partition coefficient (Wildman–Crippen LogP) is 2.57. The maximum atomic E-state index is 11.6. The van der Waals surface area contributed by atoms with E-state index in [2.05, 4.69) is 15.0 Å². The minimum absolute atomic E-state index is 0.177. The molecule has 0 spiro atoms. The number of hydrogen-bond donors (Lipinski definition) is 2. The van der Waals surface area contributed by atoms with Gasteiger partial charge >= 0.3 is 5.97 Å². The molecule has 94 valence electrons. The summed E-state index contributed by atoms with van der Waals surface area (Å²) in [6.45, 7) is 1.36. The molecule has 0 aliphatic rings. The van der Waals surface area contributed by atoms with Gasteiger partial charge in [0.1, 0.15) is 5.69 Å². The van der Waals surface area contributed by atoms with Crippen LogP contribution in [0.2, 0.25) is 5.02 Å². The van der Waals surface area contributed by atoms with Crippen LogP contribution < -0.4 is 5.32 Å². The predicted molar refractivity (Wildman–Crippen MR) is 69.0 cm³/mol. The average molecular weight is 267 g/mol. The number of nitrogens with one attached hydrogen (secondary N) is 2. The van der Waals surface area contributed by atoms with Crippen molar-refractivity contribution in [3.63, 3.8) is 0 Å². The Bertz CT molecular complexity index is 634. The fourth-order valence-corrected chi connectivity index (χ4v) is 2.03. The summed E-state index contributed by atoms with van der Waals surface area (Å²) < 4.78 is 4.66. The van der Waals surface area contributed by atoms with Crippen molar-refractivity contribution in [2.45, 2.75) is 6.92 Å². The number of halogens is 1. The van der Waals surface area contributed by atoms with Crippen LogP contribution in [0, 0.1) is 0 Å². The molecule has 0 bridgehead atoms. The van der Waals surface area contributed by atoms with E-state index in [0.29, 0.717) is 21.6 Å². The number of rotatable bonds is 2. The maximum Gasteiger partial charge on any atom is 0.356 e. The summed E-state index contributed by atoms with van der Waals surface area (Å²) in [4.78, 5) is 25.7. The van der Waals surface area contributed by atoms with Crippen molar-refractivity contribution in [1.29, 1.82) is 0 Å². The summed E-state index contributed by atoms with van der Waals surface area (Å²) in [6.07, 6.45) is 0. The highest BCUT2D eigenvalue weighted by Gasteiger charge is 2.20. The van der Waals surface area contributed by atoms with Crippen molar-refractivity contribution < 1.29 is 14.3 Å². The minimum Gasteiger partial charge on any atom is -0.464 e. The van der Waals surface area contributed by atoms with Gasteiger partial charge in [0, 0.05) is 17.8 Å². The van der Waals surface area contributed by atoms with Crippen molar-refractivity contribution in [1.82, 2.24) is 4.98 Å². The third kappa shape index (κ3) is 2.04. The van der Waals surface area contributed by atoms with Crippen molar-refractivity contribution in [3.8, 4) is 0 Å². The first-order valence-electron chi connectivity index (χ1n) is 5.20. The van der Waals surface area contributed by atoms with Crippen LogP contribution in [0.3, 0.4) is 0 Å². The van der Waals surface area contributed by atoms with E-state index >= 15 is 0 Å². The molecule has 1 heterocycles. The Hall–Kier alpha value is -2.01. The van der Waals surface area contributed by atoms with Crippen LogP contribution >= 0.6 is 11.6 Å². The zero-order valence-electron chi connectivity index (χ0n) is 9.83. The number of fused-ring (bicyclic) bond motifs is 1. The SMILES string of the molecule is COC(=O)c1[nH]c2cccc(Cl)c2c1NC(C)=O. The molecule has 0 radical (unpaired) electrons. The van der Waals surface area contributed by atoms with Crippen molar-refractivity contribution in [2.24, 2.45) is 0 Å². The number of anilines is 1. The lowest BCUT2D eigenvalue weighted by molar-refractivity contribution is -0.114. The van der Waals surface area contributed by atoms with Crippen molar-refractivity contribution in [2.75, 3.05) is 12.4 Å². The molecule has 0 unspecified atom stereocenters. The number of carbonyl (C=O) groups is 2. The largest absolute Gasteiger partial charge is 0.464 e. The van der Waals surface area contributed by atoms with E-state index in [1.807, 2.05) is 0 Å². The number of hydrogen-bond acceptors (Lipinski definition) is 3.